The molecule has 4 nitrogen and oxygen atoms in total. The van der Waals surface area contributed by atoms with E-state index in [1.807, 2.05) is 0 Å². The molecule has 19 heavy (non-hydrogen) atoms. The summed E-state index contributed by atoms with van der Waals surface area (Å²) in [6.07, 6.45) is 9.60. The molecule has 1 aromatic heterocycles. The molecule has 0 unspecified atom stereocenters. The summed E-state index contributed by atoms with van der Waals surface area (Å²) in [6.45, 7) is 2.16. The van der Waals surface area contributed by atoms with E-state index in [1.54, 1.807) is 0 Å². The van der Waals surface area contributed by atoms with Gasteiger partial charge >= 0.3 is 5.97 Å². The molecule has 1 fully saturated rings. The second-order valence-corrected chi connectivity index (χ2v) is 5.47. The van der Waals surface area contributed by atoms with Crippen molar-refractivity contribution in [3.05, 3.63) is 17.0 Å². The summed E-state index contributed by atoms with van der Waals surface area (Å²) >= 11 is 0. The monoisotopic (exact) mass is 265 g/mol. The molecule has 0 spiro atoms. The van der Waals surface area contributed by atoms with Crippen LogP contribution in [-0.4, -0.2) is 16.2 Å². The van der Waals surface area contributed by atoms with Crippen LogP contribution in [0.1, 0.15) is 86.0 Å². The largest absolute Gasteiger partial charge is 0.477 e. The lowest BCUT2D eigenvalue weighted by Gasteiger charge is -2.05. The van der Waals surface area contributed by atoms with E-state index in [-0.39, 0.29) is 5.92 Å². The summed E-state index contributed by atoms with van der Waals surface area (Å²) in [4.78, 5) is 11.4. The summed E-state index contributed by atoms with van der Waals surface area (Å²) in [7, 11) is 0. The Balaban J connectivity index is 2.08. The van der Waals surface area contributed by atoms with E-state index in [0.29, 0.717) is 17.0 Å². The molecule has 1 heterocycles. The third-order valence-corrected chi connectivity index (χ3v) is 4.00. The molecule has 106 valence electrons. The molecule has 1 saturated carbocycles. The molecule has 1 aliphatic rings. The zero-order valence-corrected chi connectivity index (χ0v) is 11.7. The first-order valence-electron chi connectivity index (χ1n) is 7.45. The van der Waals surface area contributed by atoms with Gasteiger partial charge in [0.05, 0.1) is 5.69 Å². The fourth-order valence-corrected chi connectivity index (χ4v) is 2.92. The van der Waals surface area contributed by atoms with Crippen molar-refractivity contribution >= 4 is 5.97 Å². The molecule has 0 bridgehead atoms. The SMILES string of the molecule is CCCCCCc1noc(C2CCCC2)c1C(=O)O. The maximum atomic E-state index is 11.4. The van der Waals surface area contributed by atoms with Crippen LogP contribution in [0.2, 0.25) is 0 Å². The molecule has 0 amide bonds. The van der Waals surface area contributed by atoms with Gasteiger partial charge in [0.25, 0.3) is 0 Å². The highest BCUT2D eigenvalue weighted by Crippen LogP contribution is 2.37. The average Bonchev–Trinajstić information content (AvgIpc) is 3.02. The molecule has 2 rings (SSSR count). The maximum absolute atomic E-state index is 11.4. The predicted octanol–water partition coefficient (Wildman–Crippen LogP) is 4.15. The van der Waals surface area contributed by atoms with E-state index in [2.05, 4.69) is 12.1 Å². The van der Waals surface area contributed by atoms with Crippen molar-refractivity contribution in [3.63, 3.8) is 0 Å². The summed E-state index contributed by atoms with van der Waals surface area (Å²) in [6, 6.07) is 0. The number of unbranched alkanes of at least 4 members (excludes halogenated alkanes) is 3. The zero-order valence-electron chi connectivity index (χ0n) is 11.7. The smallest absolute Gasteiger partial charge is 0.341 e. The fraction of sp³-hybridized carbons (Fsp3) is 0.733. The number of carboxylic acid groups (broad SMARTS) is 1. The molecular formula is C15H23NO3. The number of hydrogen-bond donors (Lipinski definition) is 1. The van der Waals surface area contributed by atoms with Gasteiger partial charge in [0.15, 0.2) is 5.76 Å². The summed E-state index contributed by atoms with van der Waals surface area (Å²) in [5.74, 6) is 0.00660. The highest BCUT2D eigenvalue weighted by atomic mass is 16.5. The molecule has 0 saturated heterocycles. The fourth-order valence-electron chi connectivity index (χ4n) is 2.92. The van der Waals surface area contributed by atoms with Crippen LogP contribution < -0.4 is 0 Å². The van der Waals surface area contributed by atoms with Crippen molar-refractivity contribution < 1.29 is 14.4 Å². The highest BCUT2D eigenvalue weighted by Gasteiger charge is 2.29. The first kappa shape index (κ1) is 14.1. The third-order valence-electron chi connectivity index (χ3n) is 4.00. The van der Waals surface area contributed by atoms with Gasteiger partial charge in [0.2, 0.25) is 0 Å². The lowest BCUT2D eigenvalue weighted by molar-refractivity contribution is 0.0692. The topological polar surface area (TPSA) is 63.3 Å². The van der Waals surface area contributed by atoms with Gasteiger partial charge in [-0.15, -0.1) is 0 Å². The van der Waals surface area contributed by atoms with Gasteiger partial charge in [-0.05, 0) is 25.7 Å². The number of carboxylic acids is 1. The lowest BCUT2D eigenvalue weighted by atomic mass is 9.98. The Morgan fingerprint density at radius 3 is 2.68 bits per heavy atom. The lowest BCUT2D eigenvalue weighted by Crippen LogP contribution is -2.06. The Bertz CT molecular complexity index is 419. The van der Waals surface area contributed by atoms with Crippen LogP contribution in [0.3, 0.4) is 0 Å². The molecule has 0 radical (unpaired) electrons. The molecule has 1 N–H and O–H groups in total. The second kappa shape index (κ2) is 6.73. The van der Waals surface area contributed by atoms with Gasteiger partial charge in [0, 0.05) is 5.92 Å². The van der Waals surface area contributed by atoms with E-state index in [4.69, 9.17) is 4.52 Å². The number of rotatable bonds is 7. The van der Waals surface area contributed by atoms with E-state index in [1.165, 1.54) is 12.8 Å². The Morgan fingerprint density at radius 1 is 1.32 bits per heavy atom. The highest BCUT2D eigenvalue weighted by molar-refractivity contribution is 5.90. The van der Waals surface area contributed by atoms with Gasteiger partial charge in [-0.2, -0.15) is 0 Å². The Hall–Kier alpha value is -1.32. The molecule has 1 aromatic rings. The summed E-state index contributed by atoms with van der Waals surface area (Å²) in [5, 5.41) is 13.4. The Labute approximate surface area is 114 Å². The van der Waals surface area contributed by atoms with Gasteiger partial charge in [-0.3, -0.25) is 0 Å². The van der Waals surface area contributed by atoms with Crippen LogP contribution in [0.25, 0.3) is 0 Å². The van der Waals surface area contributed by atoms with Crippen molar-refractivity contribution in [1.29, 1.82) is 0 Å². The first-order chi connectivity index (χ1) is 9.24. The minimum Gasteiger partial charge on any atom is -0.477 e. The number of aryl methyl sites for hydroxylation is 1. The predicted molar refractivity (Wildman–Crippen MR) is 72.5 cm³/mol. The summed E-state index contributed by atoms with van der Waals surface area (Å²) in [5.41, 5.74) is 0.994. The first-order valence-corrected chi connectivity index (χ1v) is 7.45. The van der Waals surface area contributed by atoms with Crippen LogP contribution in [0, 0.1) is 0 Å². The zero-order chi connectivity index (χ0) is 13.7. The van der Waals surface area contributed by atoms with Gasteiger partial charge in [-0.25, -0.2) is 4.79 Å². The summed E-state index contributed by atoms with van der Waals surface area (Å²) < 4.78 is 5.37. The Kier molecular flexibility index (Phi) is 5.00. The minimum atomic E-state index is -0.881. The van der Waals surface area contributed by atoms with Crippen LogP contribution in [0.5, 0.6) is 0 Å². The van der Waals surface area contributed by atoms with Crippen LogP contribution in [0.4, 0.5) is 0 Å². The quantitative estimate of drug-likeness (QED) is 0.752. The van der Waals surface area contributed by atoms with E-state index in [9.17, 15) is 9.90 Å². The van der Waals surface area contributed by atoms with E-state index >= 15 is 0 Å². The average molecular weight is 265 g/mol. The third kappa shape index (κ3) is 3.37. The van der Waals surface area contributed by atoms with Crippen molar-refractivity contribution in [2.24, 2.45) is 0 Å². The molecule has 4 heteroatoms. The number of aromatic carboxylic acids is 1. The number of carbonyl (C=O) groups is 1. The van der Waals surface area contributed by atoms with Gasteiger partial charge in [-0.1, -0.05) is 44.2 Å². The van der Waals surface area contributed by atoms with E-state index in [0.717, 1.165) is 44.9 Å². The standard InChI is InChI=1S/C15H23NO3/c1-2-3-4-5-10-12-13(15(17)18)14(19-16-12)11-8-6-7-9-11/h11H,2-10H2,1H3,(H,17,18). The van der Waals surface area contributed by atoms with Crippen molar-refractivity contribution in [3.8, 4) is 0 Å². The molecule has 0 atom stereocenters. The van der Waals surface area contributed by atoms with Gasteiger partial charge < -0.3 is 9.63 Å². The number of aromatic nitrogens is 1. The van der Waals surface area contributed by atoms with E-state index < -0.39 is 5.97 Å². The van der Waals surface area contributed by atoms with Crippen LogP contribution in [0.15, 0.2) is 4.52 Å². The minimum absolute atomic E-state index is 0.267. The molecule has 0 aliphatic heterocycles. The normalized spacial score (nSPS) is 16.1. The molecular weight excluding hydrogens is 242 g/mol. The number of hydrogen-bond acceptors (Lipinski definition) is 3. The maximum Gasteiger partial charge on any atom is 0.341 e. The Morgan fingerprint density at radius 2 is 2.05 bits per heavy atom. The van der Waals surface area contributed by atoms with Gasteiger partial charge in [0.1, 0.15) is 5.56 Å². The van der Waals surface area contributed by atoms with Crippen molar-refractivity contribution in [2.45, 2.75) is 70.6 Å². The molecule has 1 aliphatic carbocycles. The van der Waals surface area contributed by atoms with Crippen LogP contribution in [-0.2, 0) is 6.42 Å². The molecule has 0 aromatic carbocycles. The number of nitrogens with zero attached hydrogens (tertiary/aromatic N) is 1. The second-order valence-electron chi connectivity index (χ2n) is 5.47. The van der Waals surface area contributed by atoms with Crippen LogP contribution >= 0.6 is 0 Å². The van der Waals surface area contributed by atoms with Crippen molar-refractivity contribution in [2.75, 3.05) is 0 Å². The van der Waals surface area contributed by atoms with Crippen molar-refractivity contribution in [1.82, 2.24) is 5.16 Å².